The van der Waals surface area contributed by atoms with Gasteiger partial charge >= 0.3 is 0 Å². The Balaban J connectivity index is 1.50. The molecular weight excluding hydrogens is 400 g/mol. The van der Waals surface area contributed by atoms with Crippen LogP contribution in [0.25, 0.3) is 10.6 Å². The Hall–Kier alpha value is -3.78. The van der Waals surface area contributed by atoms with Crippen molar-refractivity contribution >= 4 is 28.3 Å². The third kappa shape index (κ3) is 4.79. The molecule has 150 valence electrons. The van der Waals surface area contributed by atoms with Crippen molar-refractivity contribution in [3.63, 3.8) is 0 Å². The first-order valence-corrected chi connectivity index (χ1v) is 10.1. The van der Waals surface area contributed by atoms with E-state index in [1.165, 1.54) is 17.6 Å². The maximum atomic E-state index is 13.0. The summed E-state index contributed by atoms with van der Waals surface area (Å²) in [5.74, 6) is -0.698. The van der Waals surface area contributed by atoms with Gasteiger partial charge in [0.1, 0.15) is 11.0 Å². The molecule has 0 spiro atoms. The first kappa shape index (κ1) is 19.5. The number of nitrogens with one attached hydrogen (secondary N) is 2. The van der Waals surface area contributed by atoms with Crippen molar-refractivity contribution in [3.8, 4) is 10.6 Å². The predicted octanol–water partition coefficient (Wildman–Crippen LogP) is 3.78. The highest BCUT2D eigenvalue weighted by Crippen LogP contribution is 2.26. The van der Waals surface area contributed by atoms with Gasteiger partial charge < -0.3 is 9.73 Å². The van der Waals surface area contributed by atoms with Crippen LogP contribution in [-0.4, -0.2) is 28.1 Å². The van der Waals surface area contributed by atoms with E-state index in [4.69, 9.17) is 4.42 Å². The summed E-state index contributed by atoms with van der Waals surface area (Å²) in [6.45, 7) is 0. The maximum absolute atomic E-state index is 13.0. The van der Waals surface area contributed by atoms with Gasteiger partial charge in [-0.3, -0.25) is 14.9 Å². The third-order valence-electron chi connectivity index (χ3n) is 4.33. The molecule has 2 aromatic carbocycles. The molecule has 7 nitrogen and oxygen atoms in total. The quantitative estimate of drug-likeness (QED) is 0.476. The second kappa shape index (κ2) is 9.15. The van der Waals surface area contributed by atoms with Gasteiger partial charge in [-0.25, -0.2) is 0 Å². The third-order valence-corrected chi connectivity index (χ3v) is 5.21. The molecule has 1 unspecified atom stereocenters. The second-order valence-corrected chi connectivity index (χ2v) is 7.44. The van der Waals surface area contributed by atoms with E-state index in [0.29, 0.717) is 16.6 Å². The summed E-state index contributed by atoms with van der Waals surface area (Å²) in [5.41, 5.74) is 1.84. The minimum absolute atomic E-state index is 0.142. The molecule has 8 heteroatoms. The molecule has 0 saturated heterocycles. The fraction of sp³-hybridized carbons (Fsp3) is 0.0909. The second-order valence-electron chi connectivity index (χ2n) is 6.46. The molecule has 0 bridgehead atoms. The van der Waals surface area contributed by atoms with E-state index < -0.39 is 11.9 Å². The van der Waals surface area contributed by atoms with E-state index in [1.807, 2.05) is 60.7 Å². The molecular formula is C22H18N4O3S. The van der Waals surface area contributed by atoms with Crippen molar-refractivity contribution in [2.45, 2.75) is 12.5 Å². The molecule has 30 heavy (non-hydrogen) atoms. The summed E-state index contributed by atoms with van der Waals surface area (Å²) < 4.78 is 5.13. The summed E-state index contributed by atoms with van der Waals surface area (Å²) in [4.78, 5) is 25.4. The number of rotatable bonds is 7. The SMILES string of the molecule is O=C(NC(Cc1ccccc1)C(=O)Nc1nnc(-c2ccccc2)s1)c1ccco1. The van der Waals surface area contributed by atoms with E-state index in [1.54, 1.807) is 12.1 Å². The molecule has 0 radical (unpaired) electrons. The Bertz CT molecular complexity index is 1110. The monoisotopic (exact) mass is 418 g/mol. The van der Waals surface area contributed by atoms with E-state index in [2.05, 4.69) is 20.8 Å². The van der Waals surface area contributed by atoms with Gasteiger partial charge in [-0.2, -0.15) is 0 Å². The fourth-order valence-electron chi connectivity index (χ4n) is 2.86. The van der Waals surface area contributed by atoms with Gasteiger partial charge in [0.25, 0.3) is 5.91 Å². The number of nitrogens with zero attached hydrogens (tertiary/aromatic N) is 2. The van der Waals surface area contributed by atoms with Gasteiger partial charge in [-0.1, -0.05) is 72.0 Å². The van der Waals surface area contributed by atoms with Crippen LogP contribution in [0, 0.1) is 0 Å². The number of aromatic nitrogens is 2. The van der Waals surface area contributed by atoms with Gasteiger partial charge in [-0.05, 0) is 17.7 Å². The van der Waals surface area contributed by atoms with Gasteiger partial charge in [0.2, 0.25) is 11.0 Å². The van der Waals surface area contributed by atoms with Gasteiger partial charge in [-0.15, -0.1) is 10.2 Å². The van der Waals surface area contributed by atoms with Crippen LogP contribution < -0.4 is 10.6 Å². The zero-order valence-electron chi connectivity index (χ0n) is 15.8. The first-order valence-electron chi connectivity index (χ1n) is 9.27. The average Bonchev–Trinajstić information content (AvgIpc) is 3.47. The van der Waals surface area contributed by atoms with Gasteiger partial charge in [0.15, 0.2) is 5.76 Å². The molecule has 4 aromatic rings. The average molecular weight is 418 g/mol. The molecule has 0 aliphatic rings. The van der Waals surface area contributed by atoms with Crippen LogP contribution in [0.5, 0.6) is 0 Å². The van der Waals surface area contributed by atoms with Crippen LogP contribution in [0.1, 0.15) is 16.1 Å². The number of carbonyl (C=O) groups is 2. The minimum atomic E-state index is -0.811. The molecule has 2 heterocycles. The maximum Gasteiger partial charge on any atom is 0.287 e. The van der Waals surface area contributed by atoms with Crippen LogP contribution in [0.2, 0.25) is 0 Å². The van der Waals surface area contributed by atoms with E-state index in [9.17, 15) is 9.59 Å². The summed E-state index contributed by atoms with van der Waals surface area (Å²) >= 11 is 1.27. The van der Waals surface area contributed by atoms with E-state index in [-0.39, 0.29) is 11.7 Å². The van der Waals surface area contributed by atoms with Crippen LogP contribution in [-0.2, 0) is 11.2 Å². The standard InChI is InChI=1S/C22H18N4O3S/c27-19(24-22-26-25-21(30-22)16-10-5-2-6-11-16)17(14-15-8-3-1-4-9-15)23-20(28)18-12-7-13-29-18/h1-13,17H,14H2,(H,23,28)(H,24,26,27). The normalized spacial score (nSPS) is 11.6. The van der Waals surface area contributed by atoms with Crippen molar-refractivity contribution in [2.24, 2.45) is 0 Å². The summed E-state index contributed by atoms with van der Waals surface area (Å²) in [7, 11) is 0. The molecule has 0 aliphatic heterocycles. The van der Waals surface area contributed by atoms with Gasteiger partial charge in [0, 0.05) is 12.0 Å². The van der Waals surface area contributed by atoms with E-state index in [0.717, 1.165) is 11.1 Å². The summed E-state index contributed by atoms with van der Waals surface area (Å²) in [6.07, 6.45) is 1.73. The lowest BCUT2D eigenvalue weighted by Gasteiger charge is -2.17. The summed E-state index contributed by atoms with van der Waals surface area (Å²) in [5, 5.41) is 14.8. The Morgan fingerprint density at radius 1 is 0.933 bits per heavy atom. The molecule has 2 aromatic heterocycles. The van der Waals surface area contributed by atoms with Crippen LogP contribution >= 0.6 is 11.3 Å². The van der Waals surface area contributed by atoms with Crippen molar-refractivity contribution in [1.82, 2.24) is 15.5 Å². The topological polar surface area (TPSA) is 97.1 Å². The molecule has 2 N–H and O–H groups in total. The fourth-order valence-corrected chi connectivity index (χ4v) is 3.61. The Morgan fingerprint density at radius 2 is 1.67 bits per heavy atom. The van der Waals surface area contributed by atoms with Crippen molar-refractivity contribution in [2.75, 3.05) is 5.32 Å². The van der Waals surface area contributed by atoms with Crippen LogP contribution in [0.4, 0.5) is 5.13 Å². The number of furan rings is 1. The molecule has 2 amide bonds. The predicted molar refractivity (Wildman–Crippen MR) is 114 cm³/mol. The molecule has 4 rings (SSSR count). The van der Waals surface area contributed by atoms with Crippen LogP contribution in [0.15, 0.2) is 83.5 Å². The summed E-state index contributed by atoms with van der Waals surface area (Å²) in [6, 6.07) is 21.4. The highest BCUT2D eigenvalue weighted by atomic mass is 32.1. The number of hydrogen-bond donors (Lipinski definition) is 2. The number of benzene rings is 2. The molecule has 0 saturated carbocycles. The highest BCUT2D eigenvalue weighted by Gasteiger charge is 2.24. The van der Waals surface area contributed by atoms with Crippen molar-refractivity contribution in [3.05, 3.63) is 90.4 Å². The number of anilines is 1. The Morgan fingerprint density at radius 3 is 2.37 bits per heavy atom. The molecule has 0 fully saturated rings. The Labute approximate surface area is 176 Å². The largest absolute Gasteiger partial charge is 0.459 e. The smallest absolute Gasteiger partial charge is 0.287 e. The molecule has 0 aliphatic carbocycles. The lowest BCUT2D eigenvalue weighted by molar-refractivity contribution is -0.118. The lowest BCUT2D eigenvalue weighted by atomic mass is 10.1. The highest BCUT2D eigenvalue weighted by molar-refractivity contribution is 7.18. The van der Waals surface area contributed by atoms with Crippen molar-refractivity contribution < 1.29 is 14.0 Å². The van der Waals surface area contributed by atoms with Crippen molar-refractivity contribution in [1.29, 1.82) is 0 Å². The number of hydrogen-bond acceptors (Lipinski definition) is 6. The van der Waals surface area contributed by atoms with Crippen LogP contribution in [0.3, 0.4) is 0 Å². The minimum Gasteiger partial charge on any atom is -0.459 e. The number of amides is 2. The van der Waals surface area contributed by atoms with Gasteiger partial charge in [0.05, 0.1) is 6.26 Å². The number of carbonyl (C=O) groups excluding carboxylic acids is 2. The Kier molecular flexibility index (Phi) is 5.95. The zero-order chi connectivity index (χ0) is 20.8. The van der Waals surface area contributed by atoms with E-state index >= 15 is 0 Å². The lowest BCUT2D eigenvalue weighted by Crippen LogP contribution is -2.45. The first-order chi connectivity index (χ1) is 14.7. The molecule has 1 atom stereocenters. The zero-order valence-corrected chi connectivity index (χ0v) is 16.6.